The third-order valence-corrected chi connectivity index (χ3v) is 3.00. The lowest BCUT2D eigenvalue weighted by Crippen LogP contribution is -2.37. The summed E-state index contributed by atoms with van der Waals surface area (Å²) in [6.45, 7) is 1.78. The zero-order chi connectivity index (χ0) is 13.1. The van der Waals surface area contributed by atoms with E-state index in [2.05, 4.69) is 10.5 Å². The van der Waals surface area contributed by atoms with Crippen LogP contribution in [-0.2, 0) is 4.79 Å². The molecule has 1 heterocycles. The molecule has 1 aromatic heterocycles. The molecule has 0 aliphatic carbocycles. The maximum Gasteiger partial charge on any atom is 0.263 e. The molecule has 0 spiro atoms. The summed E-state index contributed by atoms with van der Waals surface area (Å²) in [5.41, 5.74) is 3.61. The van der Waals surface area contributed by atoms with Crippen LogP contribution in [0.5, 0.6) is 0 Å². The number of nitrogens with two attached hydrogens (primary N) is 1. The molecule has 0 radical (unpaired) electrons. The maximum atomic E-state index is 11.9. The minimum absolute atomic E-state index is 0.347. The van der Waals surface area contributed by atoms with Gasteiger partial charge in [0.15, 0.2) is 6.04 Å². The van der Waals surface area contributed by atoms with E-state index in [0.717, 1.165) is 5.56 Å². The molecule has 0 saturated carbocycles. The zero-order valence-electron chi connectivity index (χ0n) is 9.80. The van der Waals surface area contributed by atoms with Crippen LogP contribution in [-0.4, -0.2) is 15.7 Å². The number of amides is 1. The van der Waals surface area contributed by atoms with Gasteiger partial charge in [0.1, 0.15) is 0 Å². The third-order valence-electron chi connectivity index (χ3n) is 2.63. The predicted molar refractivity (Wildman–Crippen MR) is 68.9 cm³/mol. The zero-order valence-corrected chi connectivity index (χ0v) is 10.6. The van der Waals surface area contributed by atoms with E-state index in [1.807, 2.05) is 30.3 Å². The summed E-state index contributed by atoms with van der Waals surface area (Å²) in [6.07, 6.45) is 1.61. The number of hydrazine groups is 1. The number of hydrogen-bond donors (Lipinski definition) is 2. The molecule has 18 heavy (non-hydrogen) atoms. The number of nitrogens with one attached hydrogen (secondary N) is 1. The number of carbonyl (C=O) groups excluding carboxylic acids is 1. The first-order chi connectivity index (χ1) is 8.63. The van der Waals surface area contributed by atoms with Crippen LogP contribution in [0.1, 0.15) is 17.3 Å². The Kier molecular flexibility index (Phi) is 3.64. The van der Waals surface area contributed by atoms with Crippen LogP contribution in [0.2, 0.25) is 5.02 Å². The van der Waals surface area contributed by atoms with Crippen molar-refractivity contribution >= 4 is 17.5 Å². The summed E-state index contributed by atoms with van der Waals surface area (Å²) in [6, 6.07) is 8.63. The number of aryl methyl sites for hydroxylation is 1. The van der Waals surface area contributed by atoms with Crippen LogP contribution in [0, 0.1) is 6.92 Å². The van der Waals surface area contributed by atoms with E-state index in [4.69, 9.17) is 17.4 Å². The number of rotatable bonds is 3. The highest BCUT2D eigenvalue weighted by Gasteiger charge is 2.23. The first-order valence-corrected chi connectivity index (χ1v) is 5.78. The van der Waals surface area contributed by atoms with Crippen LogP contribution in [0.4, 0.5) is 0 Å². The Bertz CT molecular complexity index is 533. The molecule has 1 unspecified atom stereocenters. The standard InChI is InChI=1S/C12H13ClN4O/c1-8-10(13)7-17(16-8)11(12(18)15-14)9-5-3-2-4-6-9/h2-7,11H,14H2,1H3,(H,15,18). The van der Waals surface area contributed by atoms with Crippen LogP contribution in [0.3, 0.4) is 0 Å². The van der Waals surface area contributed by atoms with E-state index < -0.39 is 6.04 Å². The normalized spacial score (nSPS) is 12.2. The molecule has 2 rings (SSSR count). The van der Waals surface area contributed by atoms with Gasteiger partial charge in [-0.1, -0.05) is 41.9 Å². The Balaban J connectivity index is 2.47. The fourth-order valence-electron chi connectivity index (χ4n) is 1.73. The smallest absolute Gasteiger partial charge is 0.263 e. The number of aromatic nitrogens is 2. The minimum atomic E-state index is -0.623. The topological polar surface area (TPSA) is 72.9 Å². The minimum Gasteiger partial charge on any atom is -0.292 e. The number of hydrogen-bond acceptors (Lipinski definition) is 3. The summed E-state index contributed by atoms with van der Waals surface area (Å²) in [7, 11) is 0. The molecule has 1 amide bonds. The molecule has 6 heteroatoms. The highest BCUT2D eigenvalue weighted by atomic mass is 35.5. The highest BCUT2D eigenvalue weighted by Crippen LogP contribution is 2.21. The number of benzene rings is 1. The summed E-state index contributed by atoms with van der Waals surface area (Å²) < 4.78 is 1.51. The van der Waals surface area contributed by atoms with Gasteiger partial charge in [0, 0.05) is 6.20 Å². The predicted octanol–water partition coefficient (Wildman–Crippen LogP) is 1.42. The maximum absolute atomic E-state index is 11.9. The van der Waals surface area contributed by atoms with Gasteiger partial charge in [-0.3, -0.25) is 14.9 Å². The molecule has 2 aromatic rings. The van der Waals surface area contributed by atoms with Gasteiger partial charge >= 0.3 is 0 Å². The molecular formula is C12H13ClN4O. The summed E-state index contributed by atoms with van der Waals surface area (Å²) in [5.74, 6) is 4.87. The molecule has 0 aliphatic rings. The molecule has 0 fully saturated rings. The third kappa shape index (κ3) is 2.37. The summed E-state index contributed by atoms with van der Waals surface area (Å²) in [4.78, 5) is 11.9. The monoisotopic (exact) mass is 264 g/mol. The van der Waals surface area contributed by atoms with Crippen molar-refractivity contribution in [3.05, 3.63) is 52.8 Å². The van der Waals surface area contributed by atoms with Crippen molar-refractivity contribution < 1.29 is 4.79 Å². The molecule has 3 N–H and O–H groups in total. The second-order valence-corrected chi connectivity index (χ2v) is 4.27. The van der Waals surface area contributed by atoms with Crippen molar-refractivity contribution in [1.29, 1.82) is 0 Å². The van der Waals surface area contributed by atoms with Gasteiger partial charge in [0.25, 0.3) is 5.91 Å². The first kappa shape index (κ1) is 12.6. The molecule has 0 saturated heterocycles. The second-order valence-electron chi connectivity index (χ2n) is 3.86. The van der Waals surface area contributed by atoms with Gasteiger partial charge < -0.3 is 0 Å². The van der Waals surface area contributed by atoms with Gasteiger partial charge in [-0.05, 0) is 12.5 Å². The quantitative estimate of drug-likeness (QED) is 0.500. The molecule has 94 valence electrons. The molecule has 1 aromatic carbocycles. The van der Waals surface area contributed by atoms with Crippen molar-refractivity contribution in [1.82, 2.24) is 15.2 Å². The summed E-state index contributed by atoms with van der Waals surface area (Å²) >= 11 is 5.96. The van der Waals surface area contributed by atoms with Crippen LogP contribution < -0.4 is 11.3 Å². The lowest BCUT2D eigenvalue weighted by atomic mass is 10.1. The van der Waals surface area contributed by atoms with E-state index in [1.54, 1.807) is 13.1 Å². The Hall–Kier alpha value is -1.85. The van der Waals surface area contributed by atoms with E-state index in [9.17, 15) is 4.79 Å². The Morgan fingerprint density at radius 2 is 2.11 bits per heavy atom. The number of nitrogens with zero attached hydrogens (tertiary/aromatic N) is 2. The van der Waals surface area contributed by atoms with Gasteiger partial charge in [-0.25, -0.2) is 5.84 Å². The van der Waals surface area contributed by atoms with E-state index in [-0.39, 0.29) is 5.91 Å². The summed E-state index contributed by atoms with van der Waals surface area (Å²) in [5, 5.41) is 4.74. The molecular weight excluding hydrogens is 252 g/mol. The van der Waals surface area contributed by atoms with Gasteiger partial charge in [-0.15, -0.1) is 0 Å². The fraction of sp³-hybridized carbons (Fsp3) is 0.167. The number of carbonyl (C=O) groups is 1. The lowest BCUT2D eigenvalue weighted by Gasteiger charge is -2.16. The van der Waals surface area contributed by atoms with E-state index in [1.165, 1.54) is 4.68 Å². The van der Waals surface area contributed by atoms with Crippen LogP contribution in [0.25, 0.3) is 0 Å². The molecule has 1 atom stereocenters. The van der Waals surface area contributed by atoms with Crippen molar-refractivity contribution in [3.63, 3.8) is 0 Å². The van der Waals surface area contributed by atoms with E-state index in [0.29, 0.717) is 10.7 Å². The van der Waals surface area contributed by atoms with Crippen molar-refractivity contribution in [2.45, 2.75) is 13.0 Å². The van der Waals surface area contributed by atoms with E-state index >= 15 is 0 Å². The van der Waals surface area contributed by atoms with Gasteiger partial charge in [-0.2, -0.15) is 5.10 Å². The van der Waals surface area contributed by atoms with Gasteiger partial charge in [0.2, 0.25) is 0 Å². The number of halogens is 1. The Morgan fingerprint density at radius 3 is 2.61 bits per heavy atom. The molecule has 0 bridgehead atoms. The van der Waals surface area contributed by atoms with Crippen molar-refractivity contribution in [2.75, 3.05) is 0 Å². The largest absolute Gasteiger partial charge is 0.292 e. The van der Waals surface area contributed by atoms with Crippen LogP contribution in [0.15, 0.2) is 36.5 Å². The van der Waals surface area contributed by atoms with Crippen LogP contribution >= 0.6 is 11.6 Å². The Labute approximate surface area is 110 Å². The van der Waals surface area contributed by atoms with Crippen molar-refractivity contribution in [2.24, 2.45) is 5.84 Å². The average Bonchev–Trinajstić information content (AvgIpc) is 2.70. The molecule has 5 nitrogen and oxygen atoms in total. The SMILES string of the molecule is Cc1nn(C(C(=O)NN)c2ccccc2)cc1Cl. The average molecular weight is 265 g/mol. The Morgan fingerprint density at radius 1 is 1.44 bits per heavy atom. The van der Waals surface area contributed by atoms with Gasteiger partial charge in [0.05, 0.1) is 10.7 Å². The lowest BCUT2D eigenvalue weighted by molar-refractivity contribution is -0.123. The highest BCUT2D eigenvalue weighted by molar-refractivity contribution is 6.31. The molecule has 0 aliphatic heterocycles. The first-order valence-electron chi connectivity index (χ1n) is 5.40. The fourth-order valence-corrected chi connectivity index (χ4v) is 1.87. The van der Waals surface area contributed by atoms with Crippen molar-refractivity contribution in [3.8, 4) is 0 Å². The second kappa shape index (κ2) is 5.20.